The summed E-state index contributed by atoms with van der Waals surface area (Å²) in [7, 11) is 0. The maximum atomic E-state index is 12.9. The minimum atomic E-state index is 0.0594. The molecule has 0 N–H and O–H groups in total. The molecule has 1 aliphatic heterocycles. The van der Waals surface area contributed by atoms with Gasteiger partial charge in [0.05, 0.1) is 5.54 Å². The summed E-state index contributed by atoms with van der Waals surface area (Å²) in [6.45, 7) is 7.12. The van der Waals surface area contributed by atoms with E-state index in [9.17, 15) is 4.79 Å². The van der Waals surface area contributed by atoms with Crippen LogP contribution in [-0.4, -0.2) is 40.0 Å². The van der Waals surface area contributed by atoms with Crippen LogP contribution in [0.4, 0.5) is 5.69 Å². The summed E-state index contributed by atoms with van der Waals surface area (Å²) in [5, 5.41) is 1.21. The number of hydrogen-bond donors (Lipinski definition) is 0. The van der Waals surface area contributed by atoms with Crippen molar-refractivity contribution in [2.24, 2.45) is 22.7 Å². The second-order valence-corrected chi connectivity index (χ2v) is 11.8. The van der Waals surface area contributed by atoms with Gasteiger partial charge in [0.15, 0.2) is 5.17 Å². The van der Waals surface area contributed by atoms with E-state index < -0.39 is 0 Å². The van der Waals surface area contributed by atoms with E-state index in [0.717, 1.165) is 55.0 Å². The van der Waals surface area contributed by atoms with Gasteiger partial charge < -0.3 is 4.90 Å². The molecule has 0 spiro atoms. The number of carbonyl (C=O) groups excluding carboxylic acids is 1. The molecule has 1 saturated heterocycles. The lowest BCUT2D eigenvalue weighted by Gasteiger charge is -2.55. The molecular weight excluding hydrogens is 414 g/mol. The summed E-state index contributed by atoms with van der Waals surface area (Å²) in [5.74, 6) is 3.75. The van der Waals surface area contributed by atoms with Crippen LogP contribution < -0.4 is 4.90 Å². The van der Waals surface area contributed by atoms with Gasteiger partial charge in [-0.1, -0.05) is 44.2 Å². The zero-order valence-electron chi connectivity index (χ0n) is 20.1. The Morgan fingerprint density at radius 2 is 1.72 bits per heavy atom. The van der Waals surface area contributed by atoms with Gasteiger partial charge in [0.1, 0.15) is 6.17 Å². The highest BCUT2D eigenvalue weighted by Gasteiger charge is 2.52. The second kappa shape index (κ2) is 9.04. The van der Waals surface area contributed by atoms with E-state index in [4.69, 9.17) is 4.99 Å². The number of hydrogen-bond acceptors (Lipinski definition) is 3. The standard InChI is InChI=1S/C27H39N3OS/c1-4-6-11-29-25(30(19(3)31)24-9-7-20(5-2)8-10-24)18-32-26(29)28-27-15-21-12-22(16-27)14-23(13-21)17-27/h7-10,21-23,25H,4-6,11-18H2,1-3H3. The van der Waals surface area contributed by atoms with Gasteiger partial charge in [-0.2, -0.15) is 0 Å². The van der Waals surface area contributed by atoms with Gasteiger partial charge in [0.25, 0.3) is 0 Å². The number of thioether (sulfide) groups is 1. The van der Waals surface area contributed by atoms with Crippen molar-refractivity contribution in [3.05, 3.63) is 29.8 Å². The first-order chi connectivity index (χ1) is 15.5. The summed E-state index contributed by atoms with van der Waals surface area (Å²) in [4.78, 5) is 22.9. The number of aryl methyl sites for hydroxylation is 1. The molecule has 5 heteroatoms. The van der Waals surface area contributed by atoms with Crippen molar-refractivity contribution in [3.63, 3.8) is 0 Å². The van der Waals surface area contributed by atoms with Gasteiger partial charge in [0, 0.05) is 24.9 Å². The number of rotatable bonds is 7. The molecule has 174 valence electrons. The first kappa shape index (κ1) is 22.3. The van der Waals surface area contributed by atoms with Crippen LogP contribution in [0.3, 0.4) is 0 Å². The van der Waals surface area contributed by atoms with Gasteiger partial charge in [-0.05, 0) is 86.8 Å². The van der Waals surface area contributed by atoms with Crippen molar-refractivity contribution in [2.75, 3.05) is 17.2 Å². The Balaban J connectivity index is 1.44. The maximum absolute atomic E-state index is 12.9. The van der Waals surface area contributed by atoms with Gasteiger partial charge in [0.2, 0.25) is 5.91 Å². The lowest BCUT2D eigenvalue weighted by atomic mass is 9.53. The molecule has 32 heavy (non-hydrogen) atoms. The third-order valence-electron chi connectivity index (χ3n) is 8.32. The molecule has 4 aliphatic carbocycles. The van der Waals surface area contributed by atoms with Crippen LogP contribution in [-0.2, 0) is 11.2 Å². The first-order valence-electron chi connectivity index (χ1n) is 12.9. The van der Waals surface area contributed by atoms with Crippen LogP contribution in [0.1, 0.15) is 77.7 Å². The monoisotopic (exact) mass is 453 g/mol. The number of amidine groups is 1. The summed E-state index contributed by atoms with van der Waals surface area (Å²) in [6, 6.07) is 8.57. The highest BCUT2D eigenvalue weighted by atomic mass is 32.2. The van der Waals surface area contributed by atoms with Crippen LogP contribution in [0.2, 0.25) is 0 Å². The van der Waals surface area contributed by atoms with Crippen molar-refractivity contribution in [1.29, 1.82) is 0 Å². The Bertz CT molecular complexity index is 829. The van der Waals surface area contributed by atoms with Gasteiger partial charge in [-0.15, -0.1) is 0 Å². The highest BCUT2D eigenvalue weighted by molar-refractivity contribution is 8.14. The average Bonchev–Trinajstić information content (AvgIpc) is 3.12. The summed E-state index contributed by atoms with van der Waals surface area (Å²) in [5.41, 5.74) is 2.50. The van der Waals surface area contributed by atoms with Crippen molar-refractivity contribution in [2.45, 2.75) is 90.3 Å². The van der Waals surface area contributed by atoms with E-state index in [0.29, 0.717) is 0 Å². The Labute approximate surface area is 198 Å². The fourth-order valence-electron chi connectivity index (χ4n) is 7.19. The molecule has 4 nitrogen and oxygen atoms in total. The molecule has 1 aromatic carbocycles. The molecule has 5 fully saturated rings. The number of nitrogens with zero attached hydrogens (tertiary/aromatic N) is 3. The zero-order chi connectivity index (χ0) is 22.3. The number of carbonyl (C=O) groups is 1. The van der Waals surface area contributed by atoms with Crippen LogP contribution in [0, 0.1) is 17.8 Å². The van der Waals surface area contributed by atoms with E-state index in [2.05, 4.69) is 43.0 Å². The molecule has 1 atom stereocenters. The Morgan fingerprint density at radius 1 is 1.09 bits per heavy atom. The van der Waals surface area contributed by atoms with Crippen LogP contribution >= 0.6 is 11.8 Å². The predicted molar refractivity (Wildman–Crippen MR) is 135 cm³/mol. The van der Waals surface area contributed by atoms with Crippen molar-refractivity contribution >= 4 is 28.5 Å². The smallest absolute Gasteiger partial charge is 0.225 e. The lowest BCUT2D eigenvalue weighted by Crippen LogP contribution is -2.52. The molecule has 0 aromatic heterocycles. The van der Waals surface area contributed by atoms with Crippen LogP contribution in [0.25, 0.3) is 0 Å². The number of unbranched alkanes of at least 4 members (excludes halogenated alkanes) is 1. The lowest BCUT2D eigenvalue weighted by molar-refractivity contribution is -0.117. The van der Waals surface area contributed by atoms with Crippen molar-refractivity contribution < 1.29 is 4.79 Å². The van der Waals surface area contributed by atoms with E-state index >= 15 is 0 Å². The quantitative estimate of drug-likeness (QED) is 0.500. The largest absolute Gasteiger partial charge is 0.330 e. The SMILES string of the molecule is CCCCN1C(=NC23CC4CC(CC(C4)C2)C3)SCC1N(C(C)=O)c1ccc(CC)cc1. The van der Waals surface area contributed by atoms with E-state index in [1.165, 1.54) is 49.3 Å². The molecule has 1 aromatic rings. The van der Waals surface area contributed by atoms with Crippen LogP contribution in [0.15, 0.2) is 29.3 Å². The molecule has 1 unspecified atom stereocenters. The molecule has 4 saturated carbocycles. The number of benzene rings is 1. The van der Waals surface area contributed by atoms with E-state index in [1.54, 1.807) is 6.92 Å². The topological polar surface area (TPSA) is 35.9 Å². The number of aliphatic imine (C=N–C) groups is 1. The Hall–Kier alpha value is -1.49. The Morgan fingerprint density at radius 3 is 2.25 bits per heavy atom. The molecule has 4 bridgehead atoms. The zero-order valence-corrected chi connectivity index (χ0v) is 20.9. The van der Waals surface area contributed by atoms with Gasteiger partial charge in [-0.25, -0.2) is 0 Å². The fourth-order valence-corrected chi connectivity index (χ4v) is 8.46. The summed E-state index contributed by atoms with van der Waals surface area (Å²) < 4.78 is 0. The third kappa shape index (κ3) is 4.22. The van der Waals surface area contributed by atoms with E-state index in [-0.39, 0.29) is 17.6 Å². The second-order valence-electron chi connectivity index (χ2n) is 10.8. The average molecular weight is 454 g/mol. The predicted octanol–water partition coefficient (Wildman–Crippen LogP) is 6.10. The highest BCUT2D eigenvalue weighted by Crippen LogP contribution is 2.57. The summed E-state index contributed by atoms with van der Waals surface area (Å²) >= 11 is 1.89. The number of anilines is 1. The molecule has 6 rings (SSSR count). The number of amides is 1. The minimum Gasteiger partial charge on any atom is -0.330 e. The summed E-state index contributed by atoms with van der Waals surface area (Å²) in [6.07, 6.45) is 11.6. The molecule has 5 aliphatic rings. The molecule has 0 radical (unpaired) electrons. The third-order valence-corrected chi connectivity index (χ3v) is 9.37. The van der Waals surface area contributed by atoms with Gasteiger partial charge in [-0.3, -0.25) is 14.7 Å². The normalized spacial score (nSPS) is 34.5. The molecular formula is C27H39N3OS. The van der Waals surface area contributed by atoms with Crippen LogP contribution in [0.5, 0.6) is 0 Å². The van der Waals surface area contributed by atoms with E-state index in [1.807, 2.05) is 16.7 Å². The molecule has 1 heterocycles. The molecule has 1 amide bonds. The van der Waals surface area contributed by atoms with Crippen molar-refractivity contribution in [1.82, 2.24) is 4.90 Å². The Kier molecular flexibility index (Phi) is 6.30. The minimum absolute atomic E-state index is 0.0594. The first-order valence-corrected chi connectivity index (χ1v) is 13.9. The fraction of sp³-hybridized carbons (Fsp3) is 0.704. The van der Waals surface area contributed by atoms with Gasteiger partial charge >= 0.3 is 0 Å². The maximum Gasteiger partial charge on any atom is 0.225 e. The van der Waals surface area contributed by atoms with Crippen molar-refractivity contribution in [3.8, 4) is 0 Å².